The first kappa shape index (κ1) is 22.9. The summed E-state index contributed by atoms with van der Waals surface area (Å²) in [5, 5.41) is 6.73. The first-order valence-corrected chi connectivity index (χ1v) is 10.6. The summed E-state index contributed by atoms with van der Waals surface area (Å²) in [6.45, 7) is 1.93. The van der Waals surface area contributed by atoms with Crippen molar-refractivity contribution in [2.75, 3.05) is 13.2 Å². The molecule has 2 N–H and O–H groups in total. The van der Waals surface area contributed by atoms with Crippen LogP contribution in [-0.2, 0) is 19.4 Å². The van der Waals surface area contributed by atoms with Gasteiger partial charge in [-0.1, -0.05) is 66.7 Å². The molecule has 3 aromatic rings. The fraction of sp³-hybridized carbons (Fsp3) is 0.269. The molecule has 0 radical (unpaired) electrons. The Hall–Kier alpha value is -2.82. The van der Waals surface area contributed by atoms with Crippen LogP contribution >= 0.6 is 12.4 Å². The van der Waals surface area contributed by atoms with Crippen molar-refractivity contribution >= 4 is 18.3 Å². The van der Waals surface area contributed by atoms with Gasteiger partial charge in [0.1, 0.15) is 12.4 Å². The van der Waals surface area contributed by atoms with E-state index in [1.54, 1.807) is 0 Å². The van der Waals surface area contributed by atoms with E-state index in [4.69, 9.17) is 4.74 Å². The zero-order chi connectivity index (χ0) is 20.6. The van der Waals surface area contributed by atoms with Crippen LogP contribution in [0.5, 0.6) is 5.75 Å². The van der Waals surface area contributed by atoms with Crippen molar-refractivity contribution in [3.8, 4) is 5.75 Å². The Morgan fingerprint density at radius 3 is 2.42 bits per heavy atom. The minimum Gasteiger partial charge on any atom is -0.491 e. The van der Waals surface area contributed by atoms with Crippen LogP contribution in [0.2, 0.25) is 0 Å². The smallest absolute Gasteiger partial charge is 0.255 e. The summed E-state index contributed by atoms with van der Waals surface area (Å²) >= 11 is 0. The lowest BCUT2D eigenvalue weighted by Gasteiger charge is -2.22. The summed E-state index contributed by atoms with van der Waals surface area (Å²) in [6, 6.07) is 26.6. The van der Waals surface area contributed by atoms with Gasteiger partial charge in [0.2, 0.25) is 0 Å². The van der Waals surface area contributed by atoms with Crippen LogP contribution in [-0.4, -0.2) is 25.1 Å². The Morgan fingerprint density at radius 1 is 0.871 bits per heavy atom. The van der Waals surface area contributed by atoms with E-state index in [9.17, 15) is 4.79 Å². The van der Waals surface area contributed by atoms with E-state index in [0.29, 0.717) is 24.5 Å². The number of nitrogens with one attached hydrogen (secondary N) is 2. The molecule has 1 aliphatic rings. The molecule has 4 rings (SSSR count). The summed E-state index contributed by atoms with van der Waals surface area (Å²) in [5.41, 5.74) is 4.49. The van der Waals surface area contributed by atoms with E-state index in [2.05, 4.69) is 59.2 Å². The van der Waals surface area contributed by atoms with Gasteiger partial charge < -0.3 is 15.4 Å². The molecule has 0 spiro atoms. The number of carbonyl (C=O) groups is 1. The third kappa shape index (κ3) is 6.33. The molecule has 3 aromatic carbocycles. The van der Waals surface area contributed by atoms with Gasteiger partial charge in [0.15, 0.2) is 0 Å². The van der Waals surface area contributed by atoms with Crippen molar-refractivity contribution in [2.45, 2.75) is 31.8 Å². The summed E-state index contributed by atoms with van der Waals surface area (Å²) in [6.07, 6.45) is 2.70. The summed E-state index contributed by atoms with van der Waals surface area (Å²) in [7, 11) is 0. The molecule has 162 valence electrons. The zero-order valence-corrected chi connectivity index (χ0v) is 18.4. The molecule has 1 atom stereocenters. The molecule has 4 nitrogen and oxygen atoms in total. The number of ether oxygens (including phenoxy) is 1. The van der Waals surface area contributed by atoms with Crippen molar-refractivity contribution in [1.82, 2.24) is 10.6 Å². The number of aryl methyl sites for hydroxylation is 1. The topological polar surface area (TPSA) is 50.4 Å². The molecule has 1 amide bonds. The molecular formula is C26H29ClN2O2. The first-order chi connectivity index (χ1) is 14.8. The molecule has 0 saturated heterocycles. The largest absolute Gasteiger partial charge is 0.491 e. The van der Waals surface area contributed by atoms with Crippen LogP contribution in [0.15, 0.2) is 78.9 Å². The number of hydrogen-bond donors (Lipinski definition) is 2. The zero-order valence-electron chi connectivity index (χ0n) is 17.6. The number of para-hydroxylation sites is 1. The third-order valence-corrected chi connectivity index (χ3v) is 5.50. The second-order valence-corrected chi connectivity index (χ2v) is 7.70. The standard InChI is InChI=1S/C26H28N2O2.ClH/c29-26-24-14-6-7-15-25(24)30-19-23(17-20-9-2-1-3-10-20)28-18-22-12-5-4-11-21(22)13-8-16-27-26;/h1-7,9-12,14-15,23,28H,8,13,16-19H2,(H,27,29);1H/t23-;/m0./s1. The van der Waals surface area contributed by atoms with E-state index in [-0.39, 0.29) is 24.4 Å². The summed E-state index contributed by atoms with van der Waals surface area (Å²) in [5.74, 6) is 0.552. The lowest BCUT2D eigenvalue weighted by Crippen LogP contribution is -2.37. The Morgan fingerprint density at radius 2 is 1.58 bits per heavy atom. The highest BCUT2D eigenvalue weighted by molar-refractivity contribution is 5.96. The summed E-state index contributed by atoms with van der Waals surface area (Å²) in [4.78, 5) is 12.7. The Balaban J connectivity index is 0.00000272. The van der Waals surface area contributed by atoms with Crippen LogP contribution in [0.1, 0.15) is 33.5 Å². The maximum absolute atomic E-state index is 12.7. The molecule has 5 heteroatoms. The third-order valence-electron chi connectivity index (χ3n) is 5.50. The van der Waals surface area contributed by atoms with Crippen LogP contribution in [0, 0.1) is 0 Å². The van der Waals surface area contributed by atoms with Gasteiger partial charge in [-0.3, -0.25) is 4.79 Å². The second kappa shape index (κ2) is 11.5. The van der Waals surface area contributed by atoms with Crippen LogP contribution in [0.4, 0.5) is 0 Å². The van der Waals surface area contributed by atoms with Crippen LogP contribution < -0.4 is 15.4 Å². The average Bonchev–Trinajstić information content (AvgIpc) is 2.79. The highest BCUT2D eigenvalue weighted by atomic mass is 35.5. The molecule has 0 bridgehead atoms. The Labute approximate surface area is 190 Å². The highest BCUT2D eigenvalue weighted by Gasteiger charge is 2.16. The molecule has 31 heavy (non-hydrogen) atoms. The highest BCUT2D eigenvalue weighted by Crippen LogP contribution is 2.19. The van der Waals surface area contributed by atoms with E-state index < -0.39 is 0 Å². The molecule has 0 fully saturated rings. The van der Waals surface area contributed by atoms with Gasteiger partial charge in [0.05, 0.1) is 5.56 Å². The lowest BCUT2D eigenvalue weighted by atomic mass is 10.0. The molecule has 1 aliphatic heterocycles. The Kier molecular flexibility index (Phi) is 8.51. The van der Waals surface area contributed by atoms with E-state index >= 15 is 0 Å². The molecule has 0 aromatic heterocycles. The van der Waals surface area contributed by atoms with E-state index in [0.717, 1.165) is 25.8 Å². The SMILES string of the molecule is Cl.O=C1NCCCc2ccccc2CN[C@@H](Cc2ccccc2)COc2ccccc21. The van der Waals surface area contributed by atoms with Gasteiger partial charge in [-0.15, -0.1) is 12.4 Å². The van der Waals surface area contributed by atoms with Crippen LogP contribution in [0.25, 0.3) is 0 Å². The van der Waals surface area contributed by atoms with Crippen molar-refractivity contribution in [3.63, 3.8) is 0 Å². The molecule has 1 heterocycles. The van der Waals surface area contributed by atoms with Gasteiger partial charge in [-0.25, -0.2) is 0 Å². The number of amides is 1. The number of rotatable bonds is 2. The van der Waals surface area contributed by atoms with Crippen molar-refractivity contribution in [3.05, 3.63) is 101 Å². The predicted octanol–water partition coefficient (Wildman–Crippen LogP) is 4.56. The lowest BCUT2D eigenvalue weighted by molar-refractivity contribution is 0.0948. The van der Waals surface area contributed by atoms with Gasteiger partial charge >= 0.3 is 0 Å². The minimum absolute atomic E-state index is 0. The number of hydrogen-bond acceptors (Lipinski definition) is 3. The van der Waals surface area contributed by atoms with Crippen molar-refractivity contribution in [1.29, 1.82) is 0 Å². The molecule has 0 unspecified atom stereocenters. The average molecular weight is 437 g/mol. The first-order valence-electron chi connectivity index (χ1n) is 10.6. The molecule has 0 saturated carbocycles. The fourth-order valence-corrected chi connectivity index (χ4v) is 3.86. The monoisotopic (exact) mass is 436 g/mol. The predicted molar refractivity (Wildman–Crippen MR) is 127 cm³/mol. The maximum atomic E-state index is 12.7. The number of halogens is 1. The van der Waals surface area contributed by atoms with E-state index in [1.165, 1.54) is 16.7 Å². The van der Waals surface area contributed by atoms with Gasteiger partial charge in [-0.05, 0) is 48.1 Å². The van der Waals surface area contributed by atoms with Crippen molar-refractivity contribution in [2.24, 2.45) is 0 Å². The van der Waals surface area contributed by atoms with Gasteiger partial charge in [-0.2, -0.15) is 0 Å². The minimum atomic E-state index is -0.0801. The quantitative estimate of drug-likeness (QED) is 0.619. The molecular weight excluding hydrogens is 408 g/mol. The fourth-order valence-electron chi connectivity index (χ4n) is 3.86. The normalized spacial score (nSPS) is 17.0. The number of fused-ring (bicyclic) bond motifs is 2. The maximum Gasteiger partial charge on any atom is 0.255 e. The van der Waals surface area contributed by atoms with Gasteiger partial charge in [0, 0.05) is 19.1 Å². The number of benzene rings is 3. The summed E-state index contributed by atoms with van der Waals surface area (Å²) < 4.78 is 6.15. The number of carbonyl (C=O) groups excluding carboxylic acids is 1. The van der Waals surface area contributed by atoms with Gasteiger partial charge in [0.25, 0.3) is 5.91 Å². The van der Waals surface area contributed by atoms with E-state index in [1.807, 2.05) is 30.3 Å². The van der Waals surface area contributed by atoms with Crippen LogP contribution in [0.3, 0.4) is 0 Å². The molecule has 0 aliphatic carbocycles. The van der Waals surface area contributed by atoms with Crippen molar-refractivity contribution < 1.29 is 9.53 Å². The Bertz CT molecular complexity index is 978. The second-order valence-electron chi connectivity index (χ2n) is 7.70.